The molecule has 0 saturated heterocycles. The van der Waals surface area contributed by atoms with Gasteiger partial charge in [-0.3, -0.25) is 19.6 Å². The molecule has 0 spiro atoms. The number of carbonyl (C=O) groups is 2. The van der Waals surface area contributed by atoms with Gasteiger partial charge in [0, 0.05) is 42.4 Å². The first kappa shape index (κ1) is 16.8. The van der Waals surface area contributed by atoms with Gasteiger partial charge in [-0.1, -0.05) is 0 Å². The molecule has 0 N–H and O–H groups in total. The zero-order valence-corrected chi connectivity index (χ0v) is 13.9. The molecule has 0 aromatic carbocycles. The molecule has 2 heterocycles. The highest BCUT2D eigenvalue weighted by molar-refractivity contribution is 6.15. The van der Waals surface area contributed by atoms with Crippen LogP contribution in [0.15, 0.2) is 43.0 Å². The molecule has 23 heavy (non-hydrogen) atoms. The lowest BCUT2D eigenvalue weighted by atomic mass is 9.99. The van der Waals surface area contributed by atoms with Crippen LogP contribution in [0.3, 0.4) is 0 Å². The first-order chi connectivity index (χ1) is 10.9. The van der Waals surface area contributed by atoms with Gasteiger partial charge in [-0.15, -0.1) is 0 Å². The number of rotatable bonds is 5. The number of aromatic nitrogens is 2. The van der Waals surface area contributed by atoms with E-state index in [1.165, 1.54) is 12.4 Å². The second-order valence-electron chi connectivity index (χ2n) is 5.89. The number of nitrogens with zero attached hydrogens (tertiary/aromatic N) is 3. The van der Waals surface area contributed by atoms with Crippen molar-refractivity contribution in [1.29, 1.82) is 0 Å². The van der Waals surface area contributed by atoms with Crippen molar-refractivity contribution in [2.24, 2.45) is 0 Å². The number of hydrogen-bond donors (Lipinski definition) is 0. The van der Waals surface area contributed by atoms with Crippen molar-refractivity contribution < 1.29 is 9.59 Å². The van der Waals surface area contributed by atoms with Crippen LogP contribution in [0.4, 0.5) is 0 Å². The Morgan fingerprint density at radius 3 is 2.00 bits per heavy atom. The summed E-state index contributed by atoms with van der Waals surface area (Å²) in [7, 11) is 0. The SMILES string of the molecule is CC(C)N(C(=O)c1ccncc1C(=O)c1ccncc1)C(C)C. The van der Waals surface area contributed by atoms with Crippen molar-refractivity contribution in [3.8, 4) is 0 Å². The van der Waals surface area contributed by atoms with Crippen LogP contribution in [0.5, 0.6) is 0 Å². The summed E-state index contributed by atoms with van der Waals surface area (Å²) >= 11 is 0. The third-order valence-corrected chi connectivity index (χ3v) is 3.59. The molecule has 0 saturated carbocycles. The topological polar surface area (TPSA) is 63.2 Å². The fourth-order valence-electron chi connectivity index (χ4n) is 2.63. The monoisotopic (exact) mass is 311 g/mol. The molecule has 1 amide bonds. The van der Waals surface area contributed by atoms with Crippen molar-refractivity contribution in [2.75, 3.05) is 0 Å². The highest BCUT2D eigenvalue weighted by Gasteiger charge is 2.26. The molecule has 2 aromatic heterocycles. The van der Waals surface area contributed by atoms with E-state index in [1.54, 1.807) is 35.5 Å². The maximum absolute atomic E-state index is 12.9. The maximum Gasteiger partial charge on any atom is 0.255 e. The van der Waals surface area contributed by atoms with Gasteiger partial charge in [0.2, 0.25) is 0 Å². The summed E-state index contributed by atoms with van der Waals surface area (Å²) in [5, 5.41) is 0. The van der Waals surface area contributed by atoms with Gasteiger partial charge >= 0.3 is 0 Å². The van der Waals surface area contributed by atoms with Gasteiger partial charge in [-0.25, -0.2) is 0 Å². The fourth-order valence-corrected chi connectivity index (χ4v) is 2.63. The Morgan fingerprint density at radius 1 is 0.870 bits per heavy atom. The number of amides is 1. The summed E-state index contributed by atoms with van der Waals surface area (Å²) in [4.78, 5) is 35.3. The number of ketones is 1. The quantitative estimate of drug-likeness (QED) is 0.796. The molecule has 0 atom stereocenters. The second kappa shape index (κ2) is 7.13. The van der Waals surface area contributed by atoms with Crippen molar-refractivity contribution in [3.05, 3.63) is 59.7 Å². The van der Waals surface area contributed by atoms with E-state index in [4.69, 9.17) is 0 Å². The highest BCUT2D eigenvalue weighted by Crippen LogP contribution is 2.18. The summed E-state index contributed by atoms with van der Waals surface area (Å²) in [6.45, 7) is 7.85. The van der Waals surface area contributed by atoms with Crippen molar-refractivity contribution in [2.45, 2.75) is 39.8 Å². The molecule has 120 valence electrons. The lowest BCUT2D eigenvalue weighted by Gasteiger charge is -2.31. The minimum absolute atomic E-state index is 0.0412. The summed E-state index contributed by atoms with van der Waals surface area (Å²) < 4.78 is 0. The molecule has 2 aromatic rings. The van der Waals surface area contributed by atoms with Crippen LogP contribution in [0, 0.1) is 0 Å². The lowest BCUT2D eigenvalue weighted by molar-refractivity contribution is 0.0640. The highest BCUT2D eigenvalue weighted by atomic mass is 16.2. The molecular formula is C18H21N3O2. The van der Waals surface area contributed by atoms with E-state index < -0.39 is 0 Å². The van der Waals surface area contributed by atoms with Crippen LogP contribution < -0.4 is 0 Å². The van der Waals surface area contributed by atoms with Crippen LogP contribution in [0.2, 0.25) is 0 Å². The van der Waals surface area contributed by atoms with Gasteiger partial charge in [0.05, 0.1) is 11.1 Å². The molecular weight excluding hydrogens is 290 g/mol. The second-order valence-corrected chi connectivity index (χ2v) is 5.89. The molecule has 5 heteroatoms. The molecule has 0 aliphatic rings. The van der Waals surface area contributed by atoms with E-state index in [-0.39, 0.29) is 23.8 Å². The maximum atomic E-state index is 12.9. The van der Waals surface area contributed by atoms with Crippen LogP contribution in [0.25, 0.3) is 0 Å². The Morgan fingerprint density at radius 2 is 1.43 bits per heavy atom. The zero-order chi connectivity index (χ0) is 17.0. The van der Waals surface area contributed by atoms with Crippen molar-refractivity contribution >= 4 is 11.7 Å². The summed E-state index contributed by atoms with van der Waals surface area (Å²) in [5.41, 5.74) is 1.18. The van der Waals surface area contributed by atoms with E-state index >= 15 is 0 Å². The van der Waals surface area contributed by atoms with E-state index in [1.807, 2.05) is 27.7 Å². The van der Waals surface area contributed by atoms with Gasteiger partial charge in [-0.05, 0) is 45.9 Å². The molecule has 0 radical (unpaired) electrons. The van der Waals surface area contributed by atoms with Crippen molar-refractivity contribution in [3.63, 3.8) is 0 Å². The summed E-state index contributed by atoms with van der Waals surface area (Å²) in [6.07, 6.45) is 6.10. The van der Waals surface area contributed by atoms with Crippen LogP contribution in [-0.2, 0) is 0 Å². The third kappa shape index (κ3) is 3.62. The molecule has 2 rings (SSSR count). The Balaban J connectivity index is 2.45. The number of pyridine rings is 2. The Bertz CT molecular complexity index is 688. The molecule has 0 bridgehead atoms. The molecule has 5 nitrogen and oxygen atoms in total. The Labute approximate surface area is 136 Å². The van der Waals surface area contributed by atoms with E-state index in [2.05, 4.69) is 9.97 Å². The standard InChI is InChI=1S/C18H21N3O2/c1-12(2)21(13(3)4)18(23)15-7-10-20-11-16(15)17(22)14-5-8-19-9-6-14/h5-13H,1-4H3. The molecule has 0 aliphatic carbocycles. The van der Waals surface area contributed by atoms with Gasteiger partial charge in [0.1, 0.15) is 0 Å². The average Bonchev–Trinajstić information content (AvgIpc) is 2.54. The number of carbonyl (C=O) groups excluding carboxylic acids is 2. The predicted octanol–water partition coefficient (Wildman–Crippen LogP) is 2.97. The van der Waals surface area contributed by atoms with Gasteiger partial charge in [-0.2, -0.15) is 0 Å². The summed E-state index contributed by atoms with van der Waals surface area (Å²) in [6, 6.07) is 4.95. The number of hydrogen-bond acceptors (Lipinski definition) is 4. The van der Waals surface area contributed by atoms with Crippen molar-refractivity contribution in [1.82, 2.24) is 14.9 Å². The van der Waals surface area contributed by atoms with E-state index in [0.717, 1.165) is 0 Å². The third-order valence-electron chi connectivity index (χ3n) is 3.59. The van der Waals surface area contributed by atoms with Gasteiger partial charge in [0.25, 0.3) is 5.91 Å². The fraction of sp³-hybridized carbons (Fsp3) is 0.333. The average molecular weight is 311 g/mol. The zero-order valence-electron chi connectivity index (χ0n) is 13.9. The Hall–Kier alpha value is -2.56. The molecule has 0 fully saturated rings. The minimum Gasteiger partial charge on any atom is -0.334 e. The molecule has 0 aliphatic heterocycles. The Kier molecular flexibility index (Phi) is 5.21. The predicted molar refractivity (Wildman–Crippen MR) is 88.3 cm³/mol. The van der Waals surface area contributed by atoms with Crippen LogP contribution in [0.1, 0.15) is 54.0 Å². The van der Waals surface area contributed by atoms with E-state index in [0.29, 0.717) is 16.7 Å². The van der Waals surface area contributed by atoms with Crippen LogP contribution >= 0.6 is 0 Å². The van der Waals surface area contributed by atoms with Gasteiger partial charge < -0.3 is 4.90 Å². The largest absolute Gasteiger partial charge is 0.334 e. The first-order valence-corrected chi connectivity index (χ1v) is 7.65. The van der Waals surface area contributed by atoms with Crippen LogP contribution in [-0.4, -0.2) is 38.6 Å². The normalized spacial score (nSPS) is 10.9. The van der Waals surface area contributed by atoms with E-state index in [9.17, 15) is 9.59 Å². The van der Waals surface area contributed by atoms with Gasteiger partial charge in [0.15, 0.2) is 5.78 Å². The summed E-state index contributed by atoms with van der Waals surface area (Å²) in [5.74, 6) is -0.383. The smallest absolute Gasteiger partial charge is 0.255 e. The first-order valence-electron chi connectivity index (χ1n) is 7.65. The molecule has 0 unspecified atom stereocenters. The lowest BCUT2D eigenvalue weighted by Crippen LogP contribution is -2.42. The minimum atomic E-state index is -0.226.